The molecule has 1 heterocycles. The van der Waals surface area contributed by atoms with Crippen LogP contribution < -0.4 is 4.74 Å². The molecule has 5 heteroatoms. The first-order valence-electron chi connectivity index (χ1n) is 7.01. The number of hydrogen-bond donors (Lipinski definition) is 1. The largest absolute Gasteiger partial charge is 0.433 e. The smallest absolute Gasteiger partial charge is 0.387 e. The average Bonchev–Trinajstić information content (AvgIpc) is 2.77. The zero-order valence-corrected chi connectivity index (χ0v) is 11.7. The van der Waals surface area contributed by atoms with Crippen molar-refractivity contribution < 1.29 is 18.6 Å². The number of aryl methyl sites for hydroxylation is 1. The van der Waals surface area contributed by atoms with Gasteiger partial charge in [0, 0.05) is 17.0 Å². The molecule has 3 rings (SSSR count). The summed E-state index contributed by atoms with van der Waals surface area (Å²) in [5.74, 6) is 0.147. The predicted molar refractivity (Wildman–Crippen MR) is 75.0 cm³/mol. The molecule has 0 bridgehead atoms. The molecular weight excluding hydrogens is 276 g/mol. The molecule has 1 aromatic heterocycles. The minimum atomic E-state index is -2.86. The maximum Gasteiger partial charge on any atom is 0.387 e. The number of aliphatic hydroxyl groups is 1. The van der Waals surface area contributed by atoms with Crippen LogP contribution in [0, 0.1) is 6.92 Å². The Morgan fingerprint density at radius 1 is 1.33 bits per heavy atom. The number of rotatable bonds is 3. The molecule has 0 spiro atoms. The van der Waals surface area contributed by atoms with E-state index in [1.165, 1.54) is 6.07 Å². The van der Waals surface area contributed by atoms with Gasteiger partial charge in [-0.25, -0.2) is 0 Å². The molecule has 1 unspecified atom stereocenters. The number of hydrogen-bond acceptors (Lipinski definition) is 2. The molecule has 1 aliphatic rings. The molecule has 1 atom stereocenters. The van der Waals surface area contributed by atoms with Crippen LogP contribution in [-0.4, -0.2) is 16.3 Å². The van der Waals surface area contributed by atoms with Gasteiger partial charge in [-0.2, -0.15) is 8.78 Å². The van der Waals surface area contributed by atoms with Gasteiger partial charge in [0.25, 0.3) is 0 Å². The number of halogens is 2. The Bertz CT molecular complexity index is 652. The number of nitrogens with zero attached hydrogens (tertiary/aromatic N) is 1. The van der Waals surface area contributed by atoms with Crippen LogP contribution in [0.5, 0.6) is 5.75 Å². The third-order valence-electron chi connectivity index (χ3n) is 3.89. The van der Waals surface area contributed by atoms with E-state index in [9.17, 15) is 13.9 Å². The van der Waals surface area contributed by atoms with Gasteiger partial charge in [0.1, 0.15) is 5.75 Å². The first kappa shape index (κ1) is 14.1. The Balaban J connectivity index is 2.13. The van der Waals surface area contributed by atoms with Gasteiger partial charge in [-0.05, 0) is 44.4 Å². The lowest BCUT2D eigenvalue weighted by Gasteiger charge is -2.21. The second-order valence-electron chi connectivity index (χ2n) is 5.28. The number of fused-ring (bicyclic) bond motifs is 1. The van der Waals surface area contributed by atoms with Crippen molar-refractivity contribution in [2.75, 3.05) is 0 Å². The van der Waals surface area contributed by atoms with E-state index >= 15 is 0 Å². The van der Waals surface area contributed by atoms with E-state index in [1.54, 1.807) is 18.2 Å². The number of aliphatic hydroxyl groups excluding tert-OH is 1. The topological polar surface area (TPSA) is 34.4 Å². The fourth-order valence-corrected chi connectivity index (χ4v) is 3.05. The molecule has 0 amide bonds. The molecule has 3 nitrogen and oxygen atoms in total. The predicted octanol–water partition coefficient (Wildman–Crippen LogP) is 3.76. The average molecular weight is 293 g/mol. The second kappa shape index (κ2) is 5.48. The Labute approximate surface area is 121 Å². The van der Waals surface area contributed by atoms with Crippen molar-refractivity contribution in [3.05, 3.63) is 47.3 Å². The molecule has 1 aromatic carbocycles. The zero-order chi connectivity index (χ0) is 15.0. The Kier molecular flexibility index (Phi) is 3.68. The van der Waals surface area contributed by atoms with E-state index in [-0.39, 0.29) is 5.75 Å². The molecule has 0 fully saturated rings. The van der Waals surface area contributed by atoms with Crippen molar-refractivity contribution in [2.45, 2.75) is 38.9 Å². The fourth-order valence-electron chi connectivity index (χ4n) is 3.05. The Morgan fingerprint density at radius 2 is 2.10 bits per heavy atom. The number of benzene rings is 1. The Morgan fingerprint density at radius 3 is 2.86 bits per heavy atom. The molecule has 2 aromatic rings. The van der Waals surface area contributed by atoms with E-state index in [1.807, 2.05) is 17.6 Å². The third kappa shape index (κ3) is 2.53. The van der Waals surface area contributed by atoms with Crippen LogP contribution >= 0.6 is 0 Å². The minimum absolute atomic E-state index is 0.147. The van der Waals surface area contributed by atoms with Gasteiger partial charge in [0.15, 0.2) is 0 Å². The normalized spacial score (nSPS) is 17.9. The molecule has 1 N–H and O–H groups in total. The van der Waals surface area contributed by atoms with Gasteiger partial charge in [-0.3, -0.25) is 0 Å². The van der Waals surface area contributed by atoms with Crippen molar-refractivity contribution >= 4 is 0 Å². The first-order chi connectivity index (χ1) is 10.1. The van der Waals surface area contributed by atoms with Crippen molar-refractivity contribution in [2.24, 2.45) is 0 Å². The van der Waals surface area contributed by atoms with E-state index in [0.717, 1.165) is 36.2 Å². The summed E-state index contributed by atoms with van der Waals surface area (Å²) in [6, 6.07) is 8.68. The molecule has 0 aliphatic heterocycles. The highest BCUT2D eigenvalue weighted by atomic mass is 19.3. The van der Waals surface area contributed by atoms with Gasteiger partial charge in [0.2, 0.25) is 0 Å². The van der Waals surface area contributed by atoms with Crippen LogP contribution in [0.1, 0.15) is 35.9 Å². The molecular formula is C16H17F2NO2. The van der Waals surface area contributed by atoms with Gasteiger partial charge < -0.3 is 14.4 Å². The lowest BCUT2D eigenvalue weighted by Crippen LogP contribution is -2.13. The standard InChI is InChI=1S/C16H17F2NO2/c1-10-9-11-12(6-4-7-14(11)20)19(10)13-5-2-3-8-15(13)21-16(17)18/h2-3,5,8-9,14,16,20H,4,6-7H2,1H3. The van der Waals surface area contributed by atoms with Gasteiger partial charge >= 0.3 is 6.61 Å². The lowest BCUT2D eigenvalue weighted by atomic mass is 9.95. The van der Waals surface area contributed by atoms with Crippen molar-refractivity contribution in [1.29, 1.82) is 0 Å². The van der Waals surface area contributed by atoms with Gasteiger partial charge in [-0.15, -0.1) is 0 Å². The molecule has 1 aliphatic carbocycles. The quantitative estimate of drug-likeness (QED) is 0.935. The van der Waals surface area contributed by atoms with E-state index in [2.05, 4.69) is 4.74 Å². The monoisotopic (exact) mass is 293 g/mol. The molecule has 0 saturated carbocycles. The van der Waals surface area contributed by atoms with Crippen LogP contribution in [0.25, 0.3) is 5.69 Å². The summed E-state index contributed by atoms with van der Waals surface area (Å²) in [6.45, 7) is -0.951. The first-order valence-corrected chi connectivity index (χ1v) is 7.01. The maximum absolute atomic E-state index is 12.6. The van der Waals surface area contributed by atoms with Crippen LogP contribution in [0.15, 0.2) is 30.3 Å². The number of para-hydroxylation sites is 2. The lowest BCUT2D eigenvalue weighted by molar-refractivity contribution is -0.0498. The van der Waals surface area contributed by atoms with Crippen LogP contribution in [0.2, 0.25) is 0 Å². The molecule has 21 heavy (non-hydrogen) atoms. The maximum atomic E-state index is 12.6. The SMILES string of the molecule is Cc1cc2c(n1-c1ccccc1OC(F)F)CCCC2O. The summed E-state index contributed by atoms with van der Waals surface area (Å²) in [7, 11) is 0. The van der Waals surface area contributed by atoms with Crippen LogP contribution in [0.3, 0.4) is 0 Å². The summed E-state index contributed by atoms with van der Waals surface area (Å²) < 4.78 is 31.7. The third-order valence-corrected chi connectivity index (χ3v) is 3.89. The van der Waals surface area contributed by atoms with E-state index < -0.39 is 12.7 Å². The molecule has 0 radical (unpaired) electrons. The van der Waals surface area contributed by atoms with Crippen molar-refractivity contribution in [1.82, 2.24) is 4.57 Å². The summed E-state index contributed by atoms with van der Waals surface area (Å²) in [6.07, 6.45) is 1.97. The van der Waals surface area contributed by atoms with Gasteiger partial charge in [0.05, 0.1) is 11.8 Å². The fraction of sp³-hybridized carbons (Fsp3) is 0.375. The highest BCUT2D eigenvalue weighted by Gasteiger charge is 2.25. The molecule has 112 valence electrons. The molecule has 0 saturated heterocycles. The Hall–Kier alpha value is -1.88. The highest BCUT2D eigenvalue weighted by molar-refractivity contribution is 5.51. The second-order valence-corrected chi connectivity index (χ2v) is 5.28. The zero-order valence-electron chi connectivity index (χ0n) is 11.7. The van der Waals surface area contributed by atoms with Crippen LogP contribution in [0.4, 0.5) is 8.78 Å². The summed E-state index contributed by atoms with van der Waals surface area (Å²) >= 11 is 0. The number of aromatic nitrogens is 1. The summed E-state index contributed by atoms with van der Waals surface area (Å²) in [5.41, 5.74) is 3.37. The van der Waals surface area contributed by atoms with Crippen LogP contribution in [-0.2, 0) is 6.42 Å². The number of alkyl halides is 2. The summed E-state index contributed by atoms with van der Waals surface area (Å²) in [5, 5.41) is 10.1. The van der Waals surface area contributed by atoms with E-state index in [4.69, 9.17) is 0 Å². The summed E-state index contributed by atoms with van der Waals surface area (Å²) in [4.78, 5) is 0. The highest BCUT2D eigenvalue weighted by Crippen LogP contribution is 2.36. The number of ether oxygens (including phenoxy) is 1. The van der Waals surface area contributed by atoms with Gasteiger partial charge in [-0.1, -0.05) is 12.1 Å². The van der Waals surface area contributed by atoms with E-state index in [0.29, 0.717) is 5.69 Å². The minimum Gasteiger partial charge on any atom is -0.433 e. The van der Waals surface area contributed by atoms with Crippen molar-refractivity contribution in [3.8, 4) is 11.4 Å². The van der Waals surface area contributed by atoms with Crippen molar-refractivity contribution in [3.63, 3.8) is 0 Å².